The Kier molecular flexibility index (Phi) is 6.24. The van der Waals surface area contributed by atoms with Crippen LogP contribution in [0.5, 0.6) is 5.75 Å². The standard InChI is InChI=1S/C23H23N3O5/c1-23(30,17-8-12-19(27)13-9-17)20(22(29)26-31)25-21(28)16-4-2-14(3-5-16)15-6-10-18(24)11-7-15/h2-13,20,27,30-31H,24H2,1H3,(H,25,28)(H,26,29)/t20-,23+/m1/s1. The van der Waals surface area contributed by atoms with Crippen LogP contribution in [0.25, 0.3) is 11.1 Å². The lowest BCUT2D eigenvalue weighted by atomic mass is 9.87. The number of hydroxylamine groups is 1. The van der Waals surface area contributed by atoms with Crippen molar-refractivity contribution in [3.63, 3.8) is 0 Å². The summed E-state index contributed by atoms with van der Waals surface area (Å²) in [4.78, 5) is 25.0. The Morgan fingerprint density at radius 3 is 1.94 bits per heavy atom. The minimum atomic E-state index is -1.87. The second-order valence-electron chi connectivity index (χ2n) is 7.28. The molecule has 8 nitrogen and oxygen atoms in total. The highest BCUT2D eigenvalue weighted by Crippen LogP contribution is 2.27. The molecule has 3 rings (SSSR count). The highest BCUT2D eigenvalue weighted by Gasteiger charge is 2.40. The number of hydrogen-bond donors (Lipinski definition) is 6. The first-order chi connectivity index (χ1) is 14.7. The Balaban J connectivity index is 1.83. The molecular weight excluding hydrogens is 398 g/mol. The van der Waals surface area contributed by atoms with E-state index in [2.05, 4.69) is 5.32 Å². The molecule has 2 amide bonds. The van der Waals surface area contributed by atoms with Gasteiger partial charge < -0.3 is 21.3 Å². The predicted octanol–water partition coefficient (Wildman–Crippen LogP) is 2.15. The number of phenols is 1. The zero-order chi connectivity index (χ0) is 22.6. The van der Waals surface area contributed by atoms with Gasteiger partial charge in [0.25, 0.3) is 11.8 Å². The number of rotatable bonds is 6. The van der Waals surface area contributed by atoms with E-state index in [0.29, 0.717) is 5.69 Å². The molecular formula is C23H23N3O5. The topological polar surface area (TPSA) is 145 Å². The number of aliphatic hydroxyl groups is 1. The van der Waals surface area contributed by atoms with Crippen LogP contribution in [0.3, 0.4) is 0 Å². The van der Waals surface area contributed by atoms with Gasteiger partial charge in [0, 0.05) is 11.3 Å². The lowest BCUT2D eigenvalue weighted by Gasteiger charge is -2.32. The van der Waals surface area contributed by atoms with E-state index in [4.69, 9.17) is 10.9 Å². The molecule has 0 aliphatic rings. The summed E-state index contributed by atoms with van der Waals surface area (Å²) in [7, 11) is 0. The second-order valence-corrected chi connectivity index (χ2v) is 7.28. The van der Waals surface area contributed by atoms with E-state index in [1.54, 1.807) is 36.4 Å². The Morgan fingerprint density at radius 1 is 0.903 bits per heavy atom. The fourth-order valence-electron chi connectivity index (χ4n) is 3.20. The van der Waals surface area contributed by atoms with Crippen molar-refractivity contribution in [2.45, 2.75) is 18.6 Å². The van der Waals surface area contributed by atoms with Crippen LogP contribution in [0.1, 0.15) is 22.8 Å². The molecule has 8 heteroatoms. The van der Waals surface area contributed by atoms with Crippen LogP contribution in [0.2, 0.25) is 0 Å². The van der Waals surface area contributed by atoms with Crippen LogP contribution in [-0.4, -0.2) is 33.3 Å². The molecule has 0 spiro atoms. The number of aromatic hydroxyl groups is 1. The normalized spacial score (nSPS) is 13.6. The van der Waals surface area contributed by atoms with E-state index >= 15 is 0 Å². The number of nitrogens with two attached hydrogens (primary N) is 1. The zero-order valence-electron chi connectivity index (χ0n) is 16.7. The first-order valence-corrected chi connectivity index (χ1v) is 9.45. The van der Waals surface area contributed by atoms with Crippen LogP contribution >= 0.6 is 0 Å². The molecule has 160 valence electrons. The summed E-state index contributed by atoms with van der Waals surface area (Å²) in [6, 6.07) is 18.0. The monoisotopic (exact) mass is 421 g/mol. The number of nitrogens with one attached hydrogen (secondary N) is 2. The van der Waals surface area contributed by atoms with Gasteiger partial charge in [-0.2, -0.15) is 0 Å². The van der Waals surface area contributed by atoms with Crippen molar-refractivity contribution < 1.29 is 25.0 Å². The van der Waals surface area contributed by atoms with Crippen molar-refractivity contribution >= 4 is 17.5 Å². The minimum absolute atomic E-state index is 0.0204. The Labute approximate surface area is 178 Å². The average molecular weight is 421 g/mol. The molecule has 0 unspecified atom stereocenters. The summed E-state index contributed by atoms with van der Waals surface area (Å²) >= 11 is 0. The van der Waals surface area contributed by atoms with Crippen molar-refractivity contribution in [3.05, 3.63) is 83.9 Å². The van der Waals surface area contributed by atoms with E-state index in [0.717, 1.165) is 11.1 Å². The van der Waals surface area contributed by atoms with Gasteiger partial charge in [0.15, 0.2) is 0 Å². The van der Waals surface area contributed by atoms with Gasteiger partial charge in [-0.15, -0.1) is 0 Å². The van der Waals surface area contributed by atoms with Gasteiger partial charge in [0.1, 0.15) is 17.4 Å². The molecule has 7 N–H and O–H groups in total. The summed E-state index contributed by atoms with van der Waals surface area (Å²) < 4.78 is 0. The molecule has 31 heavy (non-hydrogen) atoms. The van der Waals surface area contributed by atoms with Gasteiger partial charge in [-0.25, -0.2) is 5.48 Å². The summed E-state index contributed by atoms with van der Waals surface area (Å²) in [6.07, 6.45) is 0. The third kappa shape index (κ3) is 4.82. The van der Waals surface area contributed by atoms with Crippen molar-refractivity contribution in [1.82, 2.24) is 10.8 Å². The Bertz CT molecular complexity index is 1060. The van der Waals surface area contributed by atoms with E-state index in [9.17, 15) is 19.8 Å². The maximum Gasteiger partial charge on any atom is 0.269 e. The number of benzene rings is 3. The van der Waals surface area contributed by atoms with E-state index in [1.807, 2.05) is 12.1 Å². The van der Waals surface area contributed by atoms with Gasteiger partial charge in [-0.05, 0) is 60.0 Å². The SMILES string of the molecule is C[C@](O)(c1ccc(O)cc1)[C@H](NC(=O)c1ccc(-c2ccc(N)cc2)cc1)C(=O)NO. The zero-order valence-corrected chi connectivity index (χ0v) is 16.7. The van der Waals surface area contributed by atoms with Crippen molar-refractivity contribution in [2.24, 2.45) is 0 Å². The summed E-state index contributed by atoms with van der Waals surface area (Å²) in [6.45, 7) is 1.32. The van der Waals surface area contributed by atoms with Gasteiger partial charge in [0.2, 0.25) is 0 Å². The second kappa shape index (κ2) is 8.86. The van der Waals surface area contributed by atoms with Crippen LogP contribution < -0.4 is 16.5 Å². The molecule has 3 aromatic rings. The first kappa shape index (κ1) is 21.8. The number of carbonyl (C=O) groups excluding carboxylic acids is 2. The quantitative estimate of drug-likeness (QED) is 0.204. The predicted molar refractivity (Wildman–Crippen MR) is 115 cm³/mol. The largest absolute Gasteiger partial charge is 0.508 e. The molecule has 0 aliphatic carbocycles. The van der Waals surface area contributed by atoms with Crippen LogP contribution in [-0.2, 0) is 10.4 Å². The molecule has 2 atom stereocenters. The smallest absolute Gasteiger partial charge is 0.269 e. The number of hydrogen-bond acceptors (Lipinski definition) is 6. The van der Waals surface area contributed by atoms with E-state index < -0.39 is 23.5 Å². The number of amides is 2. The van der Waals surface area contributed by atoms with Crippen molar-refractivity contribution in [1.29, 1.82) is 0 Å². The highest BCUT2D eigenvalue weighted by molar-refractivity contribution is 5.98. The third-order valence-corrected chi connectivity index (χ3v) is 5.05. The lowest BCUT2D eigenvalue weighted by molar-refractivity contribution is -0.138. The van der Waals surface area contributed by atoms with Crippen LogP contribution in [0.4, 0.5) is 5.69 Å². The molecule has 0 aromatic heterocycles. The van der Waals surface area contributed by atoms with Crippen molar-refractivity contribution in [2.75, 3.05) is 5.73 Å². The molecule has 0 radical (unpaired) electrons. The number of carbonyl (C=O) groups is 2. The molecule has 0 heterocycles. The number of nitrogen functional groups attached to an aromatic ring is 1. The van der Waals surface area contributed by atoms with Gasteiger partial charge in [-0.3, -0.25) is 14.8 Å². The third-order valence-electron chi connectivity index (χ3n) is 5.05. The van der Waals surface area contributed by atoms with Gasteiger partial charge in [-0.1, -0.05) is 36.4 Å². The van der Waals surface area contributed by atoms with Crippen LogP contribution in [0.15, 0.2) is 72.8 Å². The van der Waals surface area contributed by atoms with Crippen LogP contribution in [0, 0.1) is 0 Å². The van der Waals surface area contributed by atoms with Crippen molar-refractivity contribution in [3.8, 4) is 16.9 Å². The summed E-state index contributed by atoms with van der Waals surface area (Å²) in [5.74, 6) is -1.63. The first-order valence-electron chi connectivity index (χ1n) is 9.45. The van der Waals surface area contributed by atoms with E-state index in [1.165, 1.54) is 36.7 Å². The molecule has 0 bridgehead atoms. The maximum absolute atomic E-state index is 12.8. The average Bonchev–Trinajstić information content (AvgIpc) is 2.77. The molecule has 0 aliphatic heterocycles. The van der Waals surface area contributed by atoms with Gasteiger partial charge >= 0.3 is 0 Å². The fraction of sp³-hybridized carbons (Fsp3) is 0.130. The molecule has 0 saturated heterocycles. The number of anilines is 1. The van der Waals surface area contributed by atoms with Gasteiger partial charge in [0.05, 0.1) is 0 Å². The lowest BCUT2D eigenvalue weighted by Crippen LogP contribution is -2.57. The molecule has 0 fully saturated rings. The molecule has 0 saturated carbocycles. The minimum Gasteiger partial charge on any atom is -0.508 e. The maximum atomic E-state index is 12.8. The Hall–Kier alpha value is -3.88. The van der Waals surface area contributed by atoms with E-state index in [-0.39, 0.29) is 16.9 Å². The molecule has 3 aromatic carbocycles. The number of phenolic OH excluding ortho intramolecular Hbond substituents is 1. The summed E-state index contributed by atoms with van der Waals surface area (Å²) in [5.41, 5.74) is 8.26. The fourth-order valence-corrected chi connectivity index (χ4v) is 3.20. The summed E-state index contributed by atoms with van der Waals surface area (Å²) in [5, 5.41) is 32.0. The highest BCUT2D eigenvalue weighted by atomic mass is 16.5. The Morgan fingerprint density at radius 2 is 1.42 bits per heavy atom.